The van der Waals surface area contributed by atoms with Gasteiger partial charge in [0, 0.05) is 50.5 Å². The molecule has 26 heavy (non-hydrogen) atoms. The predicted molar refractivity (Wildman–Crippen MR) is 102 cm³/mol. The Labute approximate surface area is 154 Å². The second kappa shape index (κ2) is 7.11. The number of hydrogen-bond donors (Lipinski definition) is 2. The molecule has 0 aliphatic carbocycles. The van der Waals surface area contributed by atoms with E-state index in [4.69, 9.17) is 0 Å². The summed E-state index contributed by atoms with van der Waals surface area (Å²) in [5, 5.41) is 6.85. The zero-order valence-corrected chi connectivity index (χ0v) is 15.4. The lowest BCUT2D eigenvalue weighted by Gasteiger charge is -2.37. The van der Waals surface area contributed by atoms with Gasteiger partial charge in [-0.3, -0.25) is 9.69 Å². The van der Waals surface area contributed by atoms with Crippen LogP contribution in [-0.2, 0) is 24.9 Å². The van der Waals surface area contributed by atoms with Gasteiger partial charge < -0.3 is 15.2 Å². The Kier molecular flexibility index (Phi) is 4.68. The average molecular weight is 353 g/mol. The number of nitrogens with one attached hydrogen (secondary N) is 2. The fraction of sp³-hybridized carbons (Fsp3) is 0.500. The summed E-state index contributed by atoms with van der Waals surface area (Å²) in [7, 11) is 2.00. The van der Waals surface area contributed by atoms with Gasteiger partial charge in [0.1, 0.15) is 0 Å². The van der Waals surface area contributed by atoms with E-state index in [1.807, 2.05) is 24.0 Å². The van der Waals surface area contributed by atoms with E-state index in [0.717, 1.165) is 55.8 Å². The maximum Gasteiger partial charge on any atom is 0.222 e. The number of rotatable bonds is 2. The van der Waals surface area contributed by atoms with Crippen LogP contribution < -0.4 is 10.6 Å². The van der Waals surface area contributed by atoms with Gasteiger partial charge in [-0.05, 0) is 37.4 Å². The molecule has 6 nitrogen and oxygen atoms in total. The molecule has 2 N–H and O–H groups in total. The third kappa shape index (κ3) is 3.75. The van der Waals surface area contributed by atoms with E-state index in [9.17, 15) is 4.79 Å². The van der Waals surface area contributed by atoms with Crippen LogP contribution in [0.3, 0.4) is 0 Å². The van der Waals surface area contributed by atoms with Crippen molar-refractivity contribution < 1.29 is 4.79 Å². The van der Waals surface area contributed by atoms with Crippen molar-refractivity contribution in [1.82, 2.24) is 19.8 Å². The molecular weight excluding hydrogens is 326 g/mol. The van der Waals surface area contributed by atoms with Crippen LogP contribution >= 0.6 is 0 Å². The summed E-state index contributed by atoms with van der Waals surface area (Å²) >= 11 is 0. The molecule has 138 valence electrons. The number of carbonyl (C=O) groups excluding carboxylic acids is 1. The molecular formula is C20H27N5O. The first-order valence-corrected chi connectivity index (χ1v) is 9.44. The summed E-state index contributed by atoms with van der Waals surface area (Å²) in [4.78, 5) is 19.3. The number of aryl methyl sites for hydroxylation is 1. The van der Waals surface area contributed by atoms with E-state index in [0.29, 0.717) is 13.0 Å². The summed E-state index contributed by atoms with van der Waals surface area (Å²) in [6.07, 6.45) is 7.52. The van der Waals surface area contributed by atoms with Gasteiger partial charge in [0.15, 0.2) is 0 Å². The second-order valence-corrected chi connectivity index (χ2v) is 7.68. The first kappa shape index (κ1) is 17.1. The number of nitrogens with zero attached hydrogens (tertiary/aromatic N) is 3. The predicted octanol–water partition coefficient (Wildman–Crippen LogP) is 2.28. The van der Waals surface area contributed by atoms with E-state index in [-0.39, 0.29) is 11.4 Å². The molecule has 1 aromatic heterocycles. The third-order valence-electron chi connectivity index (χ3n) is 5.57. The molecule has 1 fully saturated rings. The highest BCUT2D eigenvalue weighted by Crippen LogP contribution is 2.33. The van der Waals surface area contributed by atoms with Crippen molar-refractivity contribution >= 4 is 11.6 Å². The van der Waals surface area contributed by atoms with Crippen molar-refractivity contribution in [3.63, 3.8) is 0 Å². The van der Waals surface area contributed by atoms with Crippen LogP contribution in [0, 0.1) is 0 Å². The minimum Gasteiger partial charge on any atom is -0.379 e. The minimum absolute atomic E-state index is 0.144. The van der Waals surface area contributed by atoms with Gasteiger partial charge >= 0.3 is 0 Å². The SMILES string of the molecule is Cn1cnc(CN2CCC[C@@]3(CC2)CC(=O)NCc2ccccc2N3)c1. The lowest BCUT2D eigenvalue weighted by Crippen LogP contribution is -2.46. The van der Waals surface area contributed by atoms with Gasteiger partial charge in [-0.25, -0.2) is 4.98 Å². The van der Waals surface area contributed by atoms with Crippen molar-refractivity contribution in [3.05, 3.63) is 48.0 Å². The Balaban J connectivity index is 1.51. The molecule has 2 aliphatic rings. The quantitative estimate of drug-likeness (QED) is 0.869. The molecule has 6 heteroatoms. The van der Waals surface area contributed by atoms with Crippen molar-refractivity contribution in [3.8, 4) is 0 Å². The molecule has 1 spiro atoms. The lowest BCUT2D eigenvalue weighted by molar-refractivity contribution is -0.122. The Morgan fingerprint density at radius 1 is 1.23 bits per heavy atom. The highest BCUT2D eigenvalue weighted by molar-refractivity contribution is 5.79. The normalized spacial score (nSPS) is 24.1. The first-order valence-electron chi connectivity index (χ1n) is 9.44. The van der Waals surface area contributed by atoms with Crippen LogP contribution in [0.5, 0.6) is 0 Å². The fourth-order valence-corrected chi connectivity index (χ4v) is 4.18. The Morgan fingerprint density at radius 3 is 2.96 bits per heavy atom. The number of anilines is 1. The second-order valence-electron chi connectivity index (χ2n) is 7.68. The summed E-state index contributed by atoms with van der Waals surface area (Å²) in [5.74, 6) is 0.144. The van der Waals surface area contributed by atoms with Crippen molar-refractivity contribution in [1.29, 1.82) is 0 Å². The maximum atomic E-state index is 12.4. The number of benzene rings is 1. The summed E-state index contributed by atoms with van der Waals surface area (Å²) in [5.41, 5.74) is 3.26. The van der Waals surface area contributed by atoms with Gasteiger partial charge in [-0.15, -0.1) is 0 Å². The lowest BCUT2D eigenvalue weighted by atomic mass is 9.85. The van der Waals surface area contributed by atoms with Gasteiger partial charge in [0.05, 0.1) is 12.0 Å². The van der Waals surface area contributed by atoms with Crippen molar-refractivity contribution in [2.75, 3.05) is 18.4 Å². The molecule has 2 aromatic rings. The van der Waals surface area contributed by atoms with E-state index < -0.39 is 0 Å². The van der Waals surface area contributed by atoms with Crippen LogP contribution in [-0.4, -0.2) is 39.0 Å². The van der Waals surface area contributed by atoms with E-state index in [2.05, 4.69) is 44.9 Å². The Bertz CT molecular complexity index is 786. The summed E-state index contributed by atoms with van der Waals surface area (Å²) < 4.78 is 1.99. The molecule has 1 aromatic carbocycles. The number of fused-ring (bicyclic) bond motifs is 1. The zero-order chi connectivity index (χ0) is 18.0. The number of hydrogen-bond acceptors (Lipinski definition) is 4. The summed E-state index contributed by atoms with van der Waals surface area (Å²) in [6.45, 7) is 3.49. The van der Waals surface area contributed by atoms with Gasteiger partial charge in [-0.1, -0.05) is 18.2 Å². The largest absolute Gasteiger partial charge is 0.379 e. The van der Waals surface area contributed by atoms with E-state index in [1.165, 1.54) is 0 Å². The first-order chi connectivity index (χ1) is 12.6. The number of amides is 1. The highest BCUT2D eigenvalue weighted by atomic mass is 16.1. The molecule has 1 saturated heterocycles. The Morgan fingerprint density at radius 2 is 2.12 bits per heavy atom. The molecule has 2 aliphatic heterocycles. The molecule has 0 radical (unpaired) electrons. The maximum absolute atomic E-state index is 12.4. The van der Waals surface area contributed by atoms with E-state index >= 15 is 0 Å². The molecule has 0 saturated carbocycles. The standard InChI is InChI=1S/C20H27N5O/c1-24-13-17(22-15-24)14-25-9-4-7-20(8-10-25)11-19(26)21-12-16-5-2-3-6-18(16)23-20/h2-3,5-6,13,15,23H,4,7-12,14H2,1H3,(H,21,26)/t20-/m1/s1. The number of imidazole rings is 1. The monoisotopic (exact) mass is 353 g/mol. The third-order valence-corrected chi connectivity index (χ3v) is 5.57. The minimum atomic E-state index is -0.167. The molecule has 1 atom stereocenters. The molecule has 0 bridgehead atoms. The molecule has 0 unspecified atom stereocenters. The molecule has 3 heterocycles. The van der Waals surface area contributed by atoms with E-state index in [1.54, 1.807) is 0 Å². The van der Waals surface area contributed by atoms with Crippen LogP contribution in [0.15, 0.2) is 36.8 Å². The van der Waals surface area contributed by atoms with Crippen LogP contribution in [0.1, 0.15) is 36.9 Å². The van der Waals surface area contributed by atoms with Crippen LogP contribution in [0.4, 0.5) is 5.69 Å². The van der Waals surface area contributed by atoms with Gasteiger partial charge in [0.25, 0.3) is 0 Å². The molecule has 1 amide bonds. The van der Waals surface area contributed by atoms with Gasteiger partial charge in [0.2, 0.25) is 5.91 Å². The van der Waals surface area contributed by atoms with Crippen molar-refractivity contribution in [2.45, 2.75) is 44.3 Å². The Hall–Kier alpha value is -2.34. The number of aromatic nitrogens is 2. The number of para-hydroxylation sites is 1. The number of carbonyl (C=O) groups is 1. The topological polar surface area (TPSA) is 62.2 Å². The zero-order valence-electron chi connectivity index (χ0n) is 15.4. The van der Waals surface area contributed by atoms with Crippen LogP contribution in [0.25, 0.3) is 0 Å². The average Bonchev–Trinajstić information content (AvgIpc) is 2.92. The fourth-order valence-electron chi connectivity index (χ4n) is 4.18. The molecule has 4 rings (SSSR count). The number of likely N-dealkylation sites (tertiary alicyclic amines) is 1. The van der Waals surface area contributed by atoms with Crippen molar-refractivity contribution in [2.24, 2.45) is 7.05 Å². The van der Waals surface area contributed by atoms with Gasteiger partial charge in [-0.2, -0.15) is 0 Å². The summed E-state index contributed by atoms with van der Waals surface area (Å²) in [6, 6.07) is 8.31. The highest BCUT2D eigenvalue weighted by Gasteiger charge is 2.36. The van der Waals surface area contributed by atoms with Crippen LogP contribution in [0.2, 0.25) is 0 Å². The smallest absolute Gasteiger partial charge is 0.222 e.